The Bertz CT molecular complexity index is 270. The molecule has 0 radical (unpaired) electrons. The van der Waals surface area contributed by atoms with Crippen LogP contribution in [0.25, 0.3) is 0 Å². The molecule has 1 aliphatic heterocycles. The summed E-state index contributed by atoms with van der Waals surface area (Å²) in [6.07, 6.45) is 0.737. The molecule has 2 atom stereocenters. The maximum absolute atomic E-state index is 12.0. The standard InChI is InChI=1S/C14H27NOS/c1-10(2)11-6-13(16)15(7-11)8-12(9-17)14(3,4)5/h10-12,17H,6-9H2,1-5H3. The molecule has 17 heavy (non-hydrogen) atoms. The number of carbonyl (C=O) groups is 1. The molecule has 1 heterocycles. The summed E-state index contributed by atoms with van der Waals surface area (Å²) in [6.45, 7) is 12.9. The van der Waals surface area contributed by atoms with Crippen LogP contribution < -0.4 is 0 Å². The zero-order chi connectivity index (χ0) is 13.2. The minimum absolute atomic E-state index is 0.220. The maximum Gasteiger partial charge on any atom is 0.222 e. The normalized spacial score (nSPS) is 23.6. The number of amides is 1. The van der Waals surface area contributed by atoms with Crippen molar-refractivity contribution in [2.24, 2.45) is 23.2 Å². The lowest BCUT2D eigenvalue weighted by Crippen LogP contribution is -2.37. The van der Waals surface area contributed by atoms with Gasteiger partial charge in [0.05, 0.1) is 0 Å². The minimum atomic E-state index is 0.220. The van der Waals surface area contributed by atoms with Gasteiger partial charge in [0, 0.05) is 19.5 Å². The van der Waals surface area contributed by atoms with Crippen LogP contribution in [0.3, 0.4) is 0 Å². The van der Waals surface area contributed by atoms with Crippen LogP contribution in [0.1, 0.15) is 41.0 Å². The van der Waals surface area contributed by atoms with Crippen molar-refractivity contribution in [3.63, 3.8) is 0 Å². The minimum Gasteiger partial charge on any atom is -0.342 e. The Hall–Kier alpha value is -0.180. The van der Waals surface area contributed by atoms with Crippen LogP contribution in [0.4, 0.5) is 0 Å². The van der Waals surface area contributed by atoms with Crippen LogP contribution in [0.2, 0.25) is 0 Å². The summed E-state index contributed by atoms with van der Waals surface area (Å²) in [6, 6.07) is 0. The molecule has 0 aromatic heterocycles. The molecule has 100 valence electrons. The summed E-state index contributed by atoms with van der Waals surface area (Å²) >= 11 is 4.44. The van der Waals surface area contributed by atoms with E-state index in [1.807, 2.05) is 0 Å². The van der Waals surface area contributed by atoms with Gasteiger partial charge < -0.3 is 4.90 Å². The van der Waals surface area contributed by atoms with Gasteiger partial charge in [-0.15, -0.1) is 0 Å². The lowest BCUT2D eigenvalue weighted by Gasteiger charge is -2.33. The Balaban J connectivity index is 2.60. The average molecular weight is 257 g/mol. The Labute approximate surface area is 112 Å². The fraction of sp³-hybridized carbons (Fsp3) is 0.929. The van der Waals surface area contributed by atoms with Gasteiger partial charge in [0.25, 0.3) is 0 Å². The molecule has 1 fully saturated rings. The van der Waals surface area contributed by atoms with Crippen LogP contribution in [-0.2, 0) is 4.79 Å². The highest BCUT2D eigenvalue weighted by atomic mass is 32.1. The number of nitrogens with zero attached hydrogens (tertiary/aromatic N) is 1. The number of thiol groups is 1. The highest BCUT2D eigenvalue weighted by Gasteiger charge is 2.34. The predicted octanol–water partition coefficient (Wildman–Crippen LogP) is 3.08. The lowest BCUT2D eigenvalue weighted by atomic mass is 9.81. The van der Waals surface area contributed by atoms with Crippen LogP contribution in [-0.4, -0.2) is 29.6 Å². The van der Waals surface area contributed by atoms with Crippen LogP contribution >= 0.6 is 12.6 Å². The van der Waals surface area contributed by atoms with Crippen molar-refractivity contribution in [1.82, 2.24) is 4.90 Å². The summed E-state index contributed by atoms with van der Waals surface area (Å²) in [5, 5.41) is 0. The van der Waals surface area contributed by atoms with Crippen molar-refractivity contribution in [2.45, 2.75) is 41.0 Å². The zero-order valence-corrected chi connectivity index (χ0v) is 12.8. The third-order valence-electron chi connectivity index (χ3n) is 4.07. The van der Waals surface area contributed by atoms with Crippen LogP contribution in [0.5, 0.6) is 0 Å². The topological polar surface area (TPSA) is 20.3 Å². The van der Waals surface area contributed by atoms with E-state index in [1.54, 1.807) is 0 Å². The Morgan fingerprint density at radius 3 is 2.35 bits per heavy atom. The fourth-order valence-corrected chi connectivity index (χ4v) is 2.96. The van der Waals surface area contributed by atoms with E-state index in [2.05, 4.69) is 52.1 Å². The van der Waals surface area contributed by atoms with Crippen molar-refractivity contribution < 1.29 is 4.79 Å². The summed E-state index contributed by atoms with van der Waals surface area (Å²) in [5.74, 6) is 2.80. The first-order valence-corrected chi connectivity index (χ1v) is 7.27. The lowest BCUT2D eigenvalue weighted by molar-refractivity contribution is -0.128. The second-order valence-electron chi connectivity index (χ2n) is 6.75. The van der Waals surface area contributed by atoms with E-state index >= 15 is 0 Å². The van der Waals surface area contributed by atoms with Crippen molar-refractivity contribution >= 4 is 18.5 Å². The van der Waals surface area contributed by atoms with Crippen molar-refractivity contribution in [3.05, 3.63) is 0 Å². The van der Waals surface area contributed by atoms with Gasteiger partial charge >= 0.3 is 0 Å². The first kappa shape index (κ1) is 14.9. The van der Waals surface area contributed by atoms with E-state index in [0.29, 0.717) is 23.7 Å². The molecule has 0 spiro atoms. The fourth-order valence-electron chi connectivity index (χ4n) is 2.30. The molecule has 0 N–H and O–H groups in total. The molecular formula is C14H27NOS. The van der Waals surface area contributed by atoms with E-state index in [9.17, 15) is 4.79 Å². The molecule has 2 unspecified atom stereocenters. The van der Waals surface area contributed by atoms with Crippen LogP contribution in [0, 0.1) is 23.2 Å². The van der Waals surface area contributed by atoms with Crippen LogP contribution in [0.15, 0.2) is 0 Å². The second-order valence-corrected chi connectivity index (χ2v) is 7.12. The van der Waals surface area contributed by atoms with Gasteiger partial charge in [-0.05, 0) is 28.9 Å². The number of rotatable bonds is 4. The van der Waals surface area contributed by atoms with Gasteiger partial charge in [-0.1, -0.05) is 34.6 Å². The van der Waals surface area contributed by atoms with Crippen molar-refractivity contribution in [3.8, 4) is 0 Å². The summed E-state index contributed by atoms with van der Waals surface area (Å²) < 4.78 is 0. The third kappa shape index (κ3) is 3.90. The van der Waals surface area contributed by atoms with Gasteiger partial charge in [-0.3, -0.25) is 4.79 Å². The molecule has 2 nitrogen and oxygen atoms in total. The first-order valence-electron chi connectivity index (χ1n) is 6.64. The van der Waals surface area contributed by atoms with Gasteiger partial charge in [-0.25, -0.2) is 0 Å². The predicted molar refractivity (Wildman–Crippen MR) is 76.3 cm³/mol. The number of hydrogen-bond donors (Lipinski definition) is 1. The molecule has 0 aromatic rings. The first-order chi connectivity index (χ1) is 7.75. The smallest absolute Gasteiger partial charge is 0.222 e. The number of likely N-dealkylation sites (tertiary alicyclic amines) is 1. The van der Waals surface area contributed by atoms with E-state index in [-0.39, 0.29) is 5.41 Å². The SMILES string of the molecule is CC(C)C1CC(=O)N(CC(CS)C(C)(C)C)C1. The highest BCUT2D eigenvalue weighted by molar-refractivity contribution is 7.80. The van der Waals surface area contributed by atoms with E-state index in [4.69, 9.17) is 0 Å². The molecule has 1 aliphatic rings. The highest BCUT2D eigenvalue weighted by Crippen LogP contribution is 2.31. The quantitative estimate of drug-likeness (QED) is 0.767. The summed E-state index contributed by atoms with van der Waals surface area (Å²) in [5.41, 5.74) is 0.220. The Kier molecular flexibility index (Phi) is 4.94. The van der Waals surface area contributed by atoms with Crippen molar-refractivity contribution in [1.29, 1.82) is 0 Å². The molecule has 0 bridgehead atoms. The number of carbonyl (C=O) groups excluding carboxylic acids is 1. The monoisotopic (exact) mass is 257 g/mol. The van der Waals surface area contributed by atoms with Gasteiger partial charge in [0.15, 0.2) is 0 Å². The van der Waals surface area contributed by atoms with E-state index in [1.165, 1.54) is 0 Å². The molecule has 1 saturated heterocycles. The zero-order valence-electron chi connectivity index (χ0n) is 11.9. The van der Waals surface area contributed by atoms with Gasteiger partial charge in [0.1, 0.15) is 0 Å². The molecule has 1 amide bonds. The van der Waals surface area contributed by atoms with Crippen molar-refractivity contribution in [2.75, 3.05) is 18.8 Å². The second kappa shape index (κ2) is 5.64. The maximum atomic E-state index is 12.0. The molecule has 0 saturated carbocycles. The van der Waals surface area contributed by atoms with Gasteiger partial charge in [0.2, 0.25) is 5.91 Å². The molecule has 3 heteroatoms. The Morgan fingerprint density at radius 1 is 1.41 bits per heavy atom. The van der Waals surface area contributed by atoms with Gasteiger partial charge in [-0.2, -0.15) is 12.6 Å². The third-order valence-corrected chi connectivity index (χ3v) is 4.51. The van der Waals surface area contributed by atoms with E-state index < -0.39 is 0 Å². The molecule has 1 rings (SSSR count). The average Bonchev–Trinajstić information content (AvgIpc) is 2.54. The Morgan fingerprint density at radius 2 is 2.00 bits per heavy atom. The number of hydrogen-bond acceptors (Lipinski definition) is 2. The molecule has 0 aliphatic carbocycles. The molecular weight excluding hydrogens is 230 g/mol. The largest absolute Gasteiger partial charge is 0.342 e. The summed E-state index contributed by atoms with van der Waals surface area (Å²) in [4.78, 5) is 14.0. The molecule has 0 aromatic carbocycles. The van der Waals surface area contributed by atoms with E-state index in [0.717, 1.165) is 25.3 Å². The summed E-state index contributed by atoms with van der Waals surface area (Å²) in [7, 11) is 0.